The van der Waals surface area contributed by atoms with Gasteiger partial charge >= 0.3 is 5.97 Å². The lowest BCUT2D eigenvalue weighted by atomic mass is 10.2. The minimum atomic E-state index is -0.455. The van der Waals surface area contributed by atoms with Crippen molar-refractivity contribution >= 4 is 23.8 Å². The lowest BCUT2D eigenvalue weighted by Crippen LogP contribution is -2.19. The molecule has 0 heterocycles. The summed E-state index contributed by atoms with van der Waals surface area (Å²) in [6.07, 6.45) is 1.49. The number of para-hydroxylation sites is 1. The van der Waals surface area contributed by atoms with Gasteiger partial charge in [-0.3, -0.25) is 4.79 Å². The van der Waals surface area contributed by atoms with Crippen LogP contribution in [0.2, 0.25) is 0 Å². The Morgan fingerprint density at radius 3 is 2.54 bits per heavy atom. The van der Waals surface area contributed by atoms with Crippen LogP contribution in [0.25, 0.3) is 0 Å². The third-order valence-electron chi connectivity index (χ3n) is 3.05. The van der Waals surface area contributed by atoms with E-state index >= 15 is 0 Å². The zero-order valence-corrected chi connectivity index (χ0v) is 13.1. The van der Waals surface area contributed by atoms with Crippen molar-refractivity contribution in [3.63, 3.8) is 0 Å². The van der Waals surface area contributed by atoms with E-state index in [1.165, 1.54) is 13.3 Å². The standard InChI is InChI=1S/C17H17N3O4/c1-23-16(21)11-24-13-8-6-12(7-9-13)10-19-20-17(22)14-4-2-3-5-15(14)18/h2-10H,11,18H2,1H3,(H,20,22)/b19-10+. The molecule has 3 N–H and O–H groups in total. The number of amides is 1. The first-order valence-corrected chi connectivity index (χ1v) is 7.07. The molecule has 0 aliphatic rings. The van der Waals surface area contributed by atoms with E-state index in [2.05, 4.69) is 15.3 Å². The number of hydrogen-bond donors (Lipinski definition) is 2. The van der Waals surface area contributed by atoms with Crippen molar-refractivity contribution in [3.05, 3.63) is 59.7 Å². The van der Waals surface area contributed by atoms with E-state index in [9.17, 15) is 9.59 Å². The third-order valence-corrected chi connectivity index (χ3v) is 3.05. The molecule has 2 rings (SSSR count). The largest absolute Gasteiger partial charge is 0.482 e. The summed E-state index contributed by atoms with van der Waals surface area (Å²) < 4.78 is 9.71. The highest BCUT2D eigenvalue weighted by Gasteiger charge is 2.07. The highest BCUT2D eigenvalue weighted by atomic mass is 16.6. The molecule has 2 aromatic rings. The Morgan fingerprint density at radius 2 is 1.88 bits per heavy atom. The van der Waals surface area contributed by atoms with Gasteiger partial charge in [0.1, 0.15) is 5.75 Å². The number of carbonyl (C=O) groups is 2. The molecule has 0 spiro atoms. The molecule has 0 aliphatic heterocycles. The molecule has 2 aromatic carbocycles. The maximum atomic E-state index is 11.9. The first-order chi connectivity index (χ1) is 11.6. The molecule has 0 unspecified atom stereocenters. The Labute approximate surface area is 139 Å². The van der Waals surface area contributed by atoms with Gasteiger partial charge in [0, 0.05) is 5.69 Å². The third kappa shape index (κ3) is 4.84. The number of methoxy groups -OCH3 is 1. The summed E-state index contributed by atoms with van der Waals surface area (Å²) in [4.78, 5) is 22.9. The van der Waals surface area contributed by atoms with E-state index in [0.717, 1.165) is 5.56 Å². The number of nitrogens with zero attached hydrogens (tertiary/aromatic N) is 1. The Bertz CT molecular complexity index is 742. The van der Waals surface area contributed by atoms with E-state index in [1.54, 1.807) is 48.5 Å². The average Bonchev–Trinajstić information content (AvgIpc) is 2.61. The molecule has 0 radical (unpaired) electrons. The summed E-state index contributed by atoms with van der Waals surface area (Å²) in [7, 11) is 1.29. The maximum absolute atomic E-state index is 11.9. The van der Waals surface area contributed by atoms with Crippen LogP contribution in [0, 0.1) is 0 Å². The quantitative estimate of drug-likeness (QED) is 0.363. The molecular formula is C17H17N3O4. The molecule has 1 amide bonds. The number of rotatable bonds is 6. The fourth-order valence-electron chi connectivity index (χ4n) is 1.78. The van der Waals surface area contributed by atoms with Crippen molar-refractivity contribution in [2.24, 2.45) is 5.10 Å². The lowest BCUT2D eigenvalue weighted by molar-refractivity contribution is -0.142. The number of benzene rings is 2. The van der Waals surface area contributed by atoms with Crippen molar-refractivity contribution in [1.29, 1.82) is 0 Å². The first-order valence-electron chi connectivity index (χ1n) is 7.07. The molecular weight excluding hydrogens is 310 g/mol. The van der Waals surface area contributed by atoms with Crippen LogP contribution in [-0.2, 0) is 9.53 Å². The van der Waals surface area contributed by atoms with Crippen LogP contribution in [0.4, 0.5) is 5.69 Å². The minimum Gasteiger partial charge on any atom is -0.482 e. The van der Waals surface area contributed by atoms with Gasteiger partial charge in [0.15, 0.2) is 6.61 Å². The summed E-state index contributed by atoms with van der Waals surface area (Å²) >= 11 is 0. The number of ether oxygens (including phenoxy) is 2. The van der Waals surface area contributed by atoms with Crippen molar-refractivity contribution < 1.29 is 19.1 Å². The molecule has 0 saturated heterocycles. The Hall–Kier alpha value is -3.35. The van der Waals surface area contributed by atoms with Gasteiger partial charge in [0.05, 0.1) is 18.9 Å². The van der Waals surface area contributed by atoms with E-state index in [4.69, 9.17) is 10.5 Å². The molecule has 0 saturated carbocycles. The molecule has 24 heavy (non-hydrogen) atoms. The number of hydrazone groups is 1. The number of anilines is 1. The monoisotopic (exact) mass is 327 g/mol. The Balaban J connectivity index is 1.89. The number of hydrogen-bond acceptors (Lipinski definition) is 6. The van der Waals surface area contributed by atoms with Gasteiger partial charge in [-0.25, -0.2) is 10.2 Å². The maximum Gasteiger partial charge on any atom is 0.343 e. The smallest absolute Gasteiger partial charge is 0.343 e. The van der Waals surface area contributed by atoms with Crippen molar-refractivity contribution in [3.8, 4) is 5.75 Å². The van der Waals surface area contributed by atoms with Crippen LogP contribution in [0.1, 0.15) is 15.9 Å². The van der Waals surface area contributed by atoms with E-state index in [1.807, 2.05) is 0 Å². The molecule has 124 valence electrons. The first kappa shape index (κ1) is 17.0. The van der Waals surface area contributed by atoms with E-state index in [-0.39, 0.29) is 12.5 Å². The van der Waals surface area contributed by atoms with Crippen LogP contribution in [0.15, 0.2) is 53.6 Å². The molecule has 0 bridgehead atoms. The predicted molar refractivity (Wildman–Crippen MR) is 89.9 cm³/mol. The number of nitrogens with two attached hydrogens (primary N) is 1. The average molecular weight is 327 g/mol. The zero-order valence-electron chi connectivity index (χ0n) is 13.1. The van der Waals surface area contributed by atoms with Crippen LogP contribution in [0.3, 0.4) is 0 Å². The summed E-state index contributed by atoms with van der Waals surface area (Å²) in [5.41, 5.74) is 9.63. The minimum absolute atomic E-state index is 0.154. The van der Waals surface area contributed by atoms with Crippen LogP contribution >= 0.6 is 0 Å². The number of nitrogens with one attached hydrogen (secondary N) is 1. The topological polar surface area (TPSA) is 103 Å². The number of esters is 1. The lowest BCUT2D eigenvalue weighted by Gasteiger charge is -2.05. The number of carbonyl (C=O) groups excluding carboxylic acids is 2. The van der Waals surface area contributed by atoms with Crippen molar-refractivity contribution in [1.82, 2.24) is 5.43 Å². The van der Waals surface area contributed by atoms with Crippen LogP contribution in [0.5, 0.6) is 5.75 Å². The van der Waals surface area contributed by atoms with Gasteiger partial charge in [0.2, 0.25) is 0 Å². The van der Waals surface area contributed by atoms with E-state index < -0.39 is 5.97 Å². The Morgan fingerprint density at radius 1 is 1.17 bits per heavy atom. The highest BCUT2D eigenvalue weighted by Crippen LogP contribution is 2.11. The van der Waals surface area contributed by atoms with Crippen LogP contribution in [-0.4, -0.2) is 31.8 Å². The van der Waals surface area contributed by atoms with Gasteiger partial charge < -0.3 is 15.2 Å². The van der Waals surface area contributed by atoms with Gasteiger partial charge in [-0.05, 0) is 42.0 Å². The number of nitrogen functional groups attached to an aromatic ring is 1. The molecule has 0 fully saturated rings. The molecule has 0 aliphatic carbocycles. The summed E-state index contributed by atoms with van der Waals surface area (Å²) in [6.45, 7) is -0.154. The molecule has 7 nitrogen and oxygen atoms in total. The van der Waals surface area contributed by atoms with Gasteiger partial charge in [-0.2, -0.15) is 5.10 Å². The summed E-state index contributed by atoms with van der Waals surface area (Å²) in [5, 5.41) is 3.88. The summed E-state index contributed by atoms with van der Waals surface area (Å²) in [6, 6.07) is 13.6. The second-order valence-corrected chi connectivity index (χ2v) is 4.72. The van der Waals surface area contributed by atoms with Gasteiger partial charge in [-0.15, -0.1) is 0 Å². The second kappa shape index (κ2) is 8.33. The van der Waals surface area contributed by atoms with Gasteiger partial charge in [-0.1, -0.05) is 12.1 Å². The molecule has 7 heteroatoms. The fourth-order valence-corrected chi connectivity index (χ4v) is 1.78. The van der Waals surface area contributed by atoms with Crippen LogP contribution < -0.4 is 15.9 Å². The van der Waals surface area contributed by atoms with E-state index in [0.29, 0.717) is 17.0 Å². The predicted octanol–water partition coefficient (Wildman–Crippen LogP) is 1.58. The highest BCUT2D eigenvalue weighted by molar-refractivity contribution is 5.99. The SMILES string of the molecule is COC(=O)COc1ccc(/C=N/NC(=O)c2ccccc2N)cc1. The second-order valence-electron chi connectivity index (χ2n) is 4.72. The molecule has 0 aromatic heterocycles. The van der Waals surface area contributed by atoms with Crippen molar-refractivity contribution in [2.75, 3.05) is 19.5 Å². The van der Waals surface area contributed by atoms with Crippen molar-refractivity contribution in [2.45, 2.75) is 0 Å². The van der Waals surface area contributed by atoms with Gasteiger partial charge in [0.25, 0.3) is 5.91 Å². The fraction of sp³-hybridized carbons (Fsp3) is 0.118. The zero-order chi connectivity index (χ0) is 17.4. The summed E-state index contributed by atoms with van der Waals surface area (Å²) in [5.74, 6) is -0.315. The normalized spacial score (nSPS) is 10.4. The Kier molecular flexibility index (Phi) is 5.90. The molecule has 0 atom stereocenters.